The molecule has 0 radical (unpaired) electrons. The minimum Gasteiger partial charge on any atom is -0.310 e. The molecule has 0 aromatic heterocycles. The Balaban J connectivity index is 2.47. The second kappa shape index (κ2) is 2.75. The topological polar surface area (TPSA) is 12.0 Å². The van der Waals surface area contributed by atoms with Crippen molar-refractivity contribution in [1.29, 1.82) is 0 Å². The Labute approximate surface area is 63.5 Å². The molecule has 1 atom stereocenters. The Morgan fingerprint density at radius 1 is 1.60 bits per heavy atom. The van der Waals surface area contributed by atoms with Gasteiger partial charge in [-0.1, -0.05) is 19.9 Å². The molecule has 1 heterocycles. The van der Waals surface area contributed by atoms with Gasteiger partial charge >= 0.3 is 0 Å². The van der Waals surface area contributed by atoms with Gasteiger partial charge in [-0.05, 0) is 24.8 Å². The fourth-order valence-corrected chi connectivity index (χ4v) is 1.53. The average Bonchev–Trinajstić information content (AvgIpc) is 1.86. The van der Waals surface area contributed by atoms with E-state index in [0.29, 0.717) is 11.5 Å². The van der Waals surface area contributed by atoms with Gasteiger partial charge in [0, 0.05) is 6.04 Å². The SMILES string of the molecule is C=CC1CC(C)(C)CCN1. The lowest BCUT2D eigenvalue weighted by Crippen LogP contribution is -2.40. The third kappa shape index (κ3) is 1.84. The quantitative estimate of drug-likeness (QED) is 0.547. The number of nitrogens with one attached hydrogen (secondary N) is 1. The molecule has 0 bridgehead atoms. The fourth-order valence-electron chi connectivity index (χ4n) is 1.53. The Kier molecular flexibility index (Phi) is 2.14. The maximum atomic E-state index is 3.79. The van der Waals surface area contributed by atoms with Crippen molar-refractivity contribution in [2.24, 2.45) is 5.41 Å². The van der Waals surface area contributed by atoms with Gasteiger partial charge in [0.15, 0.2) is 0 Å². The maximum absolute atomic E-state index is 3.79. The van der Waals surface area contributed by atoms with E-state index in [0.717, 1.165) is 6.54 Å². The van der Waals surface area contributed by atoms with Gasteiger partial charge in [0.05, 0.1) is 0 Å². The van der Waals surface area contributed by atoms with E-state index in [2.05, 4.69) is 25.7 Å². The van der Waals surface area contributed by atoms with Gasteiger partial charge in [-0.25, -0.2) is 0 Å². The number of hydrogen-bond acceptors (Lipinski definition) is 1. The molecule has 1 aliphatic rings. The van der Waals surface area contributed by atoms with Crippen molar-refractivity contribution in [3.05, 3.63) is 12.7 Å². The highest BCUT2D eigenvalue weighted by molar-refractivity contribution is 4.93. The highest BCUT2D eigenvalue weighted by Gasteiger charge is 2.25. The van der Waals surface area contributed by atoms with Crippen LogP contribution in [0.2, 0.25) is 0 Å². The summed E-state index contributed by atoms with van der Waals surface area (Å²) in [6.07, 6.45) is 4.54. The van der Waals surface area contributed by atoms with Crippen LogP contribution in [0.5, 0.6) is 0 Å². The fraction of sp³-hybridized carbons (Fsp3) is 0.778. The molecule has 1 aliphatic heterocycles. The second-order valence-corrected chi connectivity index (χ2v) is 3.91. The van der Waals surface area contributed by atoms with E-state index in [1.807, 2.05) is 6.08 Å². The van der Waals surface area contributed by atoms with E-state index in [1.165, 1.54) is 12.8 Å². The van der Waals surface area contributed by atoms with Crippen molar-refractivity contribution in [3.8, 4) is 0 Å². The van der Waals surface area contributed by atoms with Crippen LogP contribution in [0.25, 0.3) is 0 Å². The van der Waals surface area contributed by atoms with Gasteiger partial charge in [0.2, 0.25) is 0 Å². The molecule has 0 saturated carbocycles. The van der Waals surface area contributed by atoms with Crippen LogP contribution in [-0.4, -0.2) is 12.6 Å². The molecule has 1 saturated heterocycles. The predicted molar refractivity (Wildman–Crippen MR) is 45.0 cm³/mol. The normalized spacial score (nSPS) is 31.6. The molecule has 0 aromatic rings. The monoisotopic (exact) mass is 139 g/mol. The first-order chi connectivity index (χ1) is 4.64. The smallest absolute Gasteiger partial charge is 0.0252 e. The summed E-state index contributed by atoms with van der Waals surface area (Å²) in [5, 5.41) is 3.41. The van der Waals surface area contributed by atoms with Gasteiger partial charge in [-0.15, -0.1) is 6.58 Å². The van der Waals surface area contributed by atoms with Crippen LogP contribution >= 0.6 is 0 Å². The minimum absolute atomic E-state index is 0.518. The van der Waals surface area contributed by atoms with Crippen LogP contribution in [0.1, 0.15) is 26.7 Å². The van der Waals surface area contributed by atoms with Crippen LogP contribution in [0.3, 0.4) is 0 Å². The molecule has 1 unspecified atom stereocenters. The number of hydrogen-bond donors (Lipinski definition) is 1. The van der Waals surface area contributed by atoms with Crippen LogP contribution < -0.4 is 5.32 Å². The molecule has 1 heteroatoms. The Bertz CT molecular complexity index is 127. The van der Waals surface area contributed by atoms with Gasteiger partial charge in [0.1, 0.15) is 0 Å². The molecule has 1 N–H and O–H groups in total. The van der Waals surface area contributed by atoms with Crippen molar-refractivity contribution in [3.63, 3.8) is 0 Å². The summed E-state index contributed by atoms with van der Waals surface area (Å²) < 4.78 is 0. The predicted octanol–water partition coefficient (Wildman–Crippen LogP) is 1.95. The standard InChI is InChI=1S/C9H17N/c1-4-8-7-9(2,3)5-6-10-8/h4,8,10H,1,5-7H2,2-3H3. The zero-order valence-electron chi connectivity index (χ0n) is 6.98. The summed E-state index contributed by atoms with van der Waals surface area (Å²) >= 11 is 0. The van der Waals surface area contributed by atoms with Crippen LogP contribution in [-0.2, 0) is 0 Å². The largest absolute Gasteiger partial charge is 0.310 e. The lowest BCUT2D eigenvalue weighted by Gasteiger charge is -2.34. The number of rotatable bonds is 1. The van der Waals surface area contributed by atoms with Gasteiger partial charge in [-0.3, -0.25) is 0 Å². The molecule has 1 rings (SSSR count). The van der Waals surface area contributed by atoms with E-state index < -0.39 is 0 Å². The lowest BCUT2D eigenvalue weighted by molar-refractivity contribution is 0.231. The van der Waals surface area contributed by atoms with Crippen LogP contribution in [0, 0.1) is 5.41 Å². The molecule has 0 spiro atoms. The van der Waals surface area contributed by atoms with E-state index in [4.69, 9.17) is 0 Å². The summed E-state index contributed by atoms with van der Waals surface area (Å²) in [4.78, 5) is 0. The summed E-state index contributed by atoms with van der Waals surface area (Å²) in [5.41, 5.74) is 0.518. The molecule has 1 fully saturated rings. The molecule has 0 amide bonds. The van der Waals surface area contributed by atoms with E-state index in [9.17, 15) is 0 Å². The molecular formula is C9H17N. The third-order valence-electron chi connectivity index (χ3n) is 2.27. The maximum Gasteiger partial charge on any atom is 0.0252 e. The lowest BCUT2D eigenvalue weighted by atomic mass is 9.80. The van der Waals surface area contributed by atoms with E-state index in [-0.39, 0.29) is 0 Å². The molecule has 0 aliphatic carbocycles. The first-order valence-electron chi connectivity index (χ1n) is 4.00. The third-order valence-corrected chi connectivity index (χ3v) is 2.27. The minimum atomic E-state index is 0.518. The Morgan fingerprint density at radius 3 is 2.70 bits per heavy atom. The molecule has 10 heavy (non-hydrogen) atoms. The van der Waals surface area contributed by atoms with Gasteiger partial charge < -0.3 is 5.32 Å². The van der Waals surface area contributed by atoms with Crippen molar-refractivity contribution in [2.75, 3.05) is 6.54 Å². The van der Waals surface area contributed by atoms with Crippen molar-refractivity contribution in [1.82, 2.24) is 5.32 Å². The second-order valence-electron chi connectivity index (χ2n) is 3.91. The Hall–Kier alpha value is -0.300. The zero-order chi connectivity index (χ0) is 7.61. The summed E-state index contributed by atoms with van der Waals surface area (Å²) in [6, 6.07) is 0.545. The van der Waals surface area contributed by atoms with Crippen molar-refractivity contribution < 1.29 is 0 Å². The Morgan fingerprint density at radius 2 is 2.30 bits per heavy atom. The molecule has 0 aromatic carbocycles. The number of piperidine rings is 1. The summed E-state index contributed by atoms with van der Waals surface area (Å²) in [6.45, 7) is 9.58. The van der Waals surface area contributed by atoms with Gasteiger partial charge in [-0.2, -0.15) is 0 Å². The molecule has 1 nitrogen and oxygen atoms in total. The molecule has 58 valence electrons. The van der Waals surface area contributed by atoms with Crippen LogP contribution in [0.15, 0.2) is 12.7 Å². The average molecular weight is 139 g/mol. The van der Waals surface area contributed by atoms with Crippen LogP contribution in [0.4, 0.5) is 0 Å². The van der Waals surface area contributed by atoms with Crippen molar-refractivity contribution in [2.45, 2.75) is 32.7 Å². The first kappa shape index (κ1) is 7.80. The van der Waals surface area contributed by atoms with Crippen molar-refractivity contribution >= 4 is 0 Å². The van der Waals surface area contributed by atoms with E-state index >= 15 is 0 Å². The molecular weight excluding hydrogens is 122 g/mol. The zero-order valence-corrected chi connectivity index (χ0v) is 6.98. The summed E-state index contributed by atoms with van der Waals surface area (Å²) in [7, 11) is 0. The highest BCUT2D eigenvalue weighted by atomic mass is 14.9. The first-order valence-corrected chi connectivity index (χ1v) is 4.00. The van der Waals surface area contributed by atoms with E-state index in [1.54, 1.807) is 0 Å². The summed E-state index contributed by atoms with van der Waals surface area (Å²) in [5.74, 6) is 0. The van der Waals surface area contributed by atoms with Gasteiger partial charge in [0.25, 0.3) is 0 Å². The highest BCUT2D eigenvalue weighted by Crippen LogP contribution is 2.29.